The molecule has 0 aromatic heterocycles. The van der Waals surface area contributed by atoms with Crippen molar-refractivity contribution in [3.63, 3.8) is 0 Å². The van der Waals surface area contributed by atoms with Crippen molar-refractivity contribution in [3.8, 4) is 0 Å². The fourth-order valence-electron chi connectivity index (χ4n) is 2.29. The van der Waals surface area contributed by atoms with Gasteiger partial charge in [0.1, 0.15) is 11.6 Å². The van der Waals surface area contributed by atoms with Crippen molar-refractivity contribution in [1.82, 2.24) is 4.90 Å². The normalized spacial score (nSPS) is 22.6. The molecule has 1 amide bonds. The van der Waals surface area contributed by atoms with Crippen molar-refractivity contribution < 1.29 is 23.5 Å². The van der Waals surface area contributed by atoms with Crippen LogP contribution in [0, 0.1) is 23.5 Å². The zero-order valence-electron chi connectivity index (χ0n) is 10.3. The van der Waals surface area contributed by atoms with E-state index in [-0.39, 0.29) is 24.6 Å². The molecule has 102 valence electrons. The van der Waals surface area contributed by atoms with Gasteiger partial charge < -0.3 is 10.0 Å². The fourth-order valence-corrected chi connectivity index (χ4v) is 2.29. The molecule has 2 unspecified atom stereocenters. The van der Waals surface area contributed by atoms with Crippen molar-refractivity contribution >= 4 is 11.9 Å². The number of halogens is 2. The van der Waals surface area contributed by atoms with Crippen LogP contribution in [0.25, 0.3) is 0 Å². The van der Waals surface area contributed by atoms with Crippen LogP contribution in [0.5, 0.6) is 0 Å². The number of carbonyl (C=O) groups is 2. The summed E-state index contributed by atoms with van der Waals surface area (Å²) in [6.07, 6.45) is 0. The van der Waals surface area contributed by atoms with Crippen molar-refractivity contribution in [2.75, 3.05) is 13.1 Å². The quantitative estimate of drug-likeness (QED) is 0.890. The highest BCUT2D eigenvalue weighted by Gasteiger charge is 2.37. The van der Waals surface area contributed by atoms with E-state index in [0.717, 1.165) is 18.2 Å². The van der Waals surface area contributed by atoms with Crippen LogP contribution in [0.15, 0.2) is 18.2 Å². The molecule has 1 aromatic carbocycles. The third-order valence-electron chi connectivity index (χ3n) is 3.38. The number of amides is 1. The second kappa shape index (κ2) is 4.95. The maximum atomic E-state index is 13.5. The van der Waals surface area contributed by atoms with Crippen LogP contribution in [-0.4, -0.2) is 35.0 Å². The largest absolute Gasteiger partial charge is 0.481 e. The van der Waals surface area contributed by atoms with E-state index < -0.39 is 29.4 Å². The van der Waals surface area contributed by atoms with E-state index in [1.165, 1.54) is 4.90 Å². The van der Waals surface area contributed by atoms with Gasteiger partial charge in [-0.15, -0.1) is 0 Å². The number of carbonyl (C=O) groups excluding carboxylic acids is 1. The van der Waals surface area contributed by atoms with Crippen molar-refractivity contribution in [2.24, 2.45) is 11.8 Å². The topological polar surface area (TPSA) is 57.6 Å². The van der Waals surface area contributed by atoms with Crippen LogP contribution in [0.4, 0.5) is 8.78 Å². The lowest BCUT2D eigenvalue weighted by Crippen LogP contribution is -2.30. The fraction of sp³-hybridized carbons (Fsp3) is 0.385. The molecule has 0 radical (unpaired) electrons. The summed E-state index contributed by atoms with van der Waals surface area (Å²) in [7, 11) is 0. The molecule has 1 N–H and O–H groups in total. The van der Waals surface area contributed by atoms with Gasteiger partial charge in [-0.25, -0.2) is 8.78 Å². The van der Waals surface area contributed by atoms with Crippen LogP contribution >= 0.6 is 0 Å². The first-order valence-electron chi connectivity index (χ1n) is 5.87. The molecule has 1 aliphatic rings. The van der Waals surface area contributed by atoms with Crippen LogP contribution in [-0.2, 0) is 4.79 Å². The average molecular weight is 269 g/mol. The summed E-state index contributed by atoms with van der Waals surface area (Å²) in [5.74, 6) is -4.04. The van der Waals surface area contributed by atoms with Gasteiger partial charge in [0, 0.05) is 13.1 Å². The Morgan fingerprint density at radius 3 is 2.58 bits per heavy atom. The molecular weight excluding hydrogens is 256 g/mol. The van der Waals surface area contributed by atoms with Gasteiger partial charge in [0.25, 0.3) is 5.91 Å². The number of hydrogen-bond acceptors (Lipinski definition) is 2. The third kappa shape index (κ3) is 2.57. The van der Waals surface area contributed by atoms with Gasteiger partial charge in [0.15, 0.2) is 0 Å². The maximum absolute atomic E-state index is 13.5. The molecule has 0 aliphatic carbocycles. The predicted molar refractivity (Wildman–Crippen MR) is 62.6 cm³/mol. The van der Waals surface area contributed by atoms with E-state index in [4.69, 9.17) is 5.11 Å². The molecule has 0 saturated carbocycles. The first-order valence-corrected chi connectivity index (χ1v) is 5.87. The van der Waals surface area contributed by atoms with Crippen molar-refractivity contribution in [1.29, 1.82) is 0 Å². The van der Waals surface area contributed by atoms with Crippen LogP contribution in [0.3, 0.4) is 0 Å². The molecule has 6 heteroatoms. The summed E-state index contributed by atoms with van der Waals surface area (Å²) in [5, 5.41) is 8.98. The summed E-state index contributed by atoms with van der Waals surface area (Å²) < 4.78 is 26.5. The van der Waals surface area contributed by atoms with Crippen LogP contribution in [0.2, 0.25) is 0 Å². The number of hydrogen-bond donors (Lipinski definition) is 1. The SMILES string of the molecule is CC1CN(C(=O)c2cc(F)ccc2F)CC1C(=O)O. The highest BCUT2D eigenvalue weighted by atomic mass is 19.1. The monoisotopic (exact) mass is 269 g/mol. The zero-order valence-corrected chi connectivity index (χ0v) is 10.3. The van der Waals surface area contributed by atoms with Crippen LogP contribution < -0.4 is 0 Å². The summed E-state index contributed by atoms with van der Waals surface area (Å²) in [5.41, 5.74) is -0.363. The molecule has 4 nitrogen and oxygen atoms in total. The Balaban J connectivity index is 2.22. The smallest absolute Gasteiger partial charge is 0.308 e. The summed E-state index contributed by atoms with van der Waals surface area (Å²) in [4.78, 5) is 24.3. The van der Waals surface area contributed by atoms with Gasteiger partial charge in [-0.1, -0.05) is 6.92 Å². The van der Waals surface area contributed by atoms with E-state index in [2.05, 4.69) is 0 Å². The third-order valence-corrected chi connectivity index (χ3v) is 3.38. The van der Waals surface area contributed by atoms with Gasteiger partial charge >= 0.3 is 5.97 Å². The standard InChI is InChI=1S/C13H13F2NO3/c1-7-5-16(6-10(7)13(18)19)12(17)9-4-8(14)2-3-11(9)15/h2-4,7,10H,5-6H2,1H3,(H,18,19). The minimum absolute atomic E-state index is 0.0191. The number of aliphatic carboxylic acids is 1. The molecule has 19 heavy (non-hydrogen) atoms. The van der Waals surface area contributed by atoms with Gasteiger partial charge in [-0.05, 0) is 24.1 Å². The first kappa shape index (κ1) is 13.5. The summed E-state index contributed by atoms with van der Waals surface area (Å²) >= 11 is 0. The second-order valence-electron chi connectivity index (χ2n) is 4.76. The molecule has 0 spiro atoms. The minimum Gasteiger partial charge on any atom is -0.481 e. The number of carboxylic acids is 1. The van der Waals surface area contributed by atoms with E-state index in [1.54, 1.807) is 6.92 Å². The number of likely N-dealkylation sites (tertiary alicyclic amines) is 1. The Morgan fingerprint density at radius 1 is 1.32 bits per heavy atom. The molecule has 0 bridgehead atoms. The van der Waals surface area contributed by atoms with Gasteiger partial charge in [0.05, 0.1) is 11.5 Å². The first-order chi connectivity index (χ1) is 8.90. The van der Waals surface area contributed by atoms with Gasteiger partial charge in [-0.2, -0.15) is 0 Å². The molecule has 2 rings (SSSR count). The Labute approximate surface area is 108 Å². The molecule has 1 fully saturated rings. The Hall–Kier alpha value is -1.98. The highest BCUT2D eigenvalue weighted by Crippen LogP contribution is 2.25. The van der Waals surface area contributed by atoms with Crippen LogP contribution in [0.1, 0.15) is 17.3 Å². The number of rotatable bonds is 2. The predicted octanol–water partition coefficient (Wildman–Crippen LogP) is 1.76. The van der Waals surface area contributed by atoms with Crippen molar-refractivity contribution in [2.45, 2.75) is 6.92 Å². The van der Waals surface area contributed by atoms with Gasteiger partial charge in [-0.3, -0.25) is 9.59 Å². The molecule has 1 heterocycles. The maximum Gasteiger partial charge on any atom is 0.308 e. The molecule has 1 saturated heterocycles. The van der Waals surface area contributed by atoms with E-state index in [9.17, 15) is 18.4 Å². The lowest BCUT2D eigenvalue weighted by Gasteiger charge is -2.16. The summed E-state index contributed by atoms with van der Waals surface area (Å²) in [6, 6.07) is 2.64. The van der Waals surface area contributed by atoms with E-state index in [0.29, 0.717) is 0 Å². The molecule has 1 aliphatic heterocycles. The lowest BCUT2D eigenvalue weighted by atomic mass is 9.99. The number of nitrogens with zero attached hydrogens (tertiary/aromatic N) is 1. The Kier molecular flexibility index (Phi) is 3.50. The lowest BCUT2D eigenvalue weighted by molar-refractivity contribution is -0.142. The Morgan fingerprint density at radius 2 is 2.00 bits per heavy atom. The van der Waals surface area contributed by atoms with Crippen molar-refractivity contribution in [3.05, 3.63) is 35.4 Å². The molecular formula is C13H13F2NO3. The highest BCUT2D eigenvalue weighted by molar-refractivity contribution is 5.95. The second-order valence-corrected chi connectivity index (χ2v) is 4.76. The number of carboxylic acid groups (broad SMARTS) is 1. The Bertz CT molecular complexity index is 533. The minimum atomic E-state index is -0.984. The molecule has 1 aromatic rings. The zero-order chi connectivity index (χ0) is 14.2. The van der Waals surface area contributed by atoms with E-state index >= 15 is 0 Å². The van der Waals surface area contributed by atoms with Gasteiger partial charge in [0.2, 0.25) is 0 Å². The van der Waals surface area contributed by atoms with E-state index in [1.807, 2.05) is 0 Å². The number of benzene rings is 1. The average Bonchev–Trinajstić information content (AvgIpc) is 2.74. The molecule has 2 atom stereocenters. The summed E-state index contributed by atoms with van der Waals surface area (Å²) in [6.45, 7) is 1.96.